The molecule has 0 atom stereocenters. The van der Waals surface area contributed by atoms with Crippen LogP contribution in [-0.4, -0.2) is 40.3 Å². The first-order valence-electron chi connectivity index (χ1n) is 2.22. The van der Waals surface area contributed by atoms with Crippen LogP contribution in [0.15, 0.2) is 0 Å². The smallest absolute Gasteiger partial charge is 0.395 e. The molecule has 1 aromatic rings. The van der Waals surface area contributed by atoms with Crippen molar-refractivity contribution in [2.75, 3.05) is 0 Å². The number of nitrogens with zero attached hydrogens (tertiary/aromatic N) is 4. The average molecular weight is 218 g/mol. The van der Waals surface area contributed by atoms with Crippen molar-refractivity contribution >= 4 is 19.4 Å². The number of tetrazole rings is 1. The Hall–Kier alpha value is -0.730. The van der Waals surface area contributed by atoms with Crippen LogP contribution in [0.3, 0.4) is 0 Å². The van der Waals surface area contributed by atoms with Crippen molar-refractivity contribution < 1.29 is 24.5 Å². The maximum Gasteiger partial charge on any atom is 0.466 e. The molecule has 70 valence electrons. The fourth-order valence-corrected chi connectivity index (χ4v) is 0.292. The van der Waals surface area contributed by atoms with E-state index >= 15 is 0 Å². The van der Waals surface area contributed by atoms with E-state index in [0.29, 0.717) is 4.96 Å². The molecule has 4 N–H and O–H groups in total. The van der Waals surface area contributed by atoms with Crippen LogP contribution in [0.2, 0.25) is 5.28 Å². The molecule has 1 heterocycles. The summed E-state index contributed by atoms with van der Waals surface area (Å²) < 4.78 is 8.88. The summed E-state index contributed by atoms with van der Waals surface area (Å²) in [6.45, 7) is 0. The molecule has 1 rings (SSSR count). The Bertz CT molecular complexity index is 256. The van der Waals surface area contributed by atoms with Crippen LogP contribution in [0.1, 0.15) is 0 Å². The molecule has 0 saturated carbocycles. The zero-order chi connectivity index (χ0) is 9.78. The average Bonchev–Trinajstić information content (AvgIpc) is 2.09. The Morgan fingerprint density at radius 2 is 1.83 bits per heavy atom. The number of aromatic nitrogens is 4. The van der Waals surface area contributed by atoms with Gasteiger partial charge in [-0.05, 0) is 16.8 Å². The minimum Gasteiger partial charge on any atom is -0.395 e. The summed E-state index contributed by atoms with van der Waals surface area (Å²) in [7, 11) is -4.64. The summed E-state index contributed by atoms with van der Waals surface area (Å²) >= 11 is 5.09. The van der Waals surface area contributed by atoms with Crippen LogP contribution in [0.25, 0.3) is 0 Å². The molecule has 1 aromatic heterocycles. The third kappa shape index (κ3) is 9.27. The van der Waals surface area contributed by atoms with E-state index in [-0.39, 0.29) is 5.28 Å². The van der Waals surface area contributed by atoms with E-state index in [2.05, 4.69) is 15.4 Å². The van der Waals surface area contributed by atoms with Crippen molar-refractivity contribution in [3.8, 4) is 0 Å². The van der Waals surface area contributed by atoms with E-state index in [1.807, 2.05) is 0 Å². The first-order chi connectivity index (χ1) is 5.29. The number of halogens is 1. The lowest BCUT2D eigenvalue weighted by molar-refractivity contribution is 0.106. The third-order valence-electron chi connectivity index (χ3n) is 0.379. The molecule has 0 aliphatic rings. The Kier molecular flexibility index (Phi) is 4.07. The Labute approximate surface area is 70.4 Å². The van der Waals surface area contributed by atoms with E-state index in [1.165, 1.54) is 0 Å². The largest absolute Gasteiger partial charge is 0.466 e. The number of phosphoric acid groups is 1. The molecule has 11 heteroatoms. The summed E-state index contributed by atoms with van der Waals surface area (Å²) in [5, 5.41) is 17.4. The number of rotatable bonds is 0. The van der Waals surface area contributed by atoms with Crippen molar-refractivity contribution in [1.29, 1.82) is 0 Å². The molecule has 9 nitrogen and oxygen atoms in total. The second-order valence-corrected chi connectivity index (χ2v) is 2.70. The highest BCUT2D eigenvalue weighted by Gasteiger charge is 2.00. The first-order valence-corrected chi connectivity index (χ1v) is 4.16. The fourth-order valence-electron chi connectivity index (χ4n) is 0.191. The summed E-state index contributed by atoms with van der Waals surface area (Å²) in [4.78, 5) is 21.9. The summed E-state index contributed by atoms with van der Waals surface area (Å²) in [5.41, 5.74) is 0. The van der Waals surface area contributed by atoms with Crippen molar-refractivity contribution in [3.05, 3.63) is 5.28 Å². The molecule has 0 spiro atoms. The summed E-state index contributed by atoms with van der Waals surface area (Å²) in [6.07, 6.45) is 0. The van der Waals surface area contributed by atoms with Gasteiger partial charge in [-0.1, -0.05) is 10.2 Å². The summed E-state index contributed by atoms with van der Waals surface area (Å²) in [5.74, 6) is 0. The summed E-state index contributed by atoms with van der Waals surface area (Å²) in [6, 6.07) is 0. The van der Waals surface area contributed by atoms with Gasteiger partial charge in [-0.3, -0.25) is 0 Å². The predicted molar refractivity (Wildman–Crippen MR) is 34.3 cm³/mol. The van der Waals surface area contributed by atoms with Crippen molar-refractivity contribution in [2.45, 2.75) is 0 Å². The van der Waals surface area contributed by atoms with Gasteiger partial charge in [0.05, 0.1) is 0 Å². The van der Waals surface area contributed by atoms with E-state index in [4.69, 9.17) is 36.1 Å². The Morgan fingerprint density at radius 1 is 1.42 bits per heavy atom. The van der Waals surface area contributed by atoms with Gasteiger partial charge in [0, 0.05) is 4.96 Å². The van der Waals surface area contributed by atoms with Crippen LogP contribution in [0.4, 0.5) is 0 Å². The predicted octanol–water partition coefficient (Wildman–Crippen LogP) is -1.36. The quantitative estimate of drug-likeness (QED) is 0.309. The molecule has 0 fully saturated rings. The van der Waals surface area contributed by atoms with Crippen LogP contribution in [0, 0.1) is 0 Å². The second kappa shape index (κ2) is 4.33. The molecule has 0 unspecified atom stereocenters. The number of hydrogen-bond donors (Lipinski definition) is 4. The highest BCUT2D eigenvalue weighted by Crippen LogP contribution is 2.25. The van der Waals surface area contributed by atoms with Gasteiger partial charge < -0.3 is 19.9 Å². The van der Waals surface area contributed by atoms with E-state index in [0.717, 1.165) is 0 Å². The highest BCUT2D eigenvalue weighted by atomic mass is 35.5. The maximum absolute atomic E-state index is 8.88. The van der Waals surface area contributed by atoms with Gasteiger partial charge >= 0.3 is 7.82 Å². The topological polar surface area (TPSA) is 142 Å². The highest BCUT2D eigenvalue weighted by molar-refractivity contribution is 7.45. The molecule has 0 aromatic carbocycles. The van der Waals surface area contributed by atoms with Crippen LogP contribution < -0.4 is 0 Å². The lowest BCUT2D eigenvalue weighted by atomic mass is 11.4. The second-order valence-electron chi connectivity index (χ2n) is 1.34. The van der Waals surface area contributed by atoms with Crippen molar-refractivity contribution in [2.24, 2.45) is 0 Å². The fraction of sp³-hybridized carbons (Fsp3) is 0. The molecule has 0 aliphatic carbocycles. The molecular formula is CH4ClN4O5P. The van der Waals surface area contributed by atoms with Gasteiger partial charge in [-0.15, -0.1) is 0 Å². The number of hydrogen-bond acceptors (Lipinski definition) is 5. The van der Waals surface area contributed by atoms with E-state index < -0.39 is 7.82 Å². The van der Waals surface area contributed by atoms with Crippen molar-refractivity contribution in [1.82, 2.24) is 20.4 Å². The maximum atomic E-state index is 8.88. The van der Waals surface area contributed by atoms with Gasteiger partial charge in [-0.25, -0.2) is 4.57 Å². The Balaban J connectivity index is 0.000000217. The molecule has 0 radical (unpaired) electrons. The van der Waals surface area contributed by atoms with Gasteiger partial charge in [-0.2, -0.15) is 0 Å². The standard InChI is InChI=1S/CHClN4O.H3O4P/c2-1-3-5-6(7)4-1;1-5(2,3)4/h7H;(H3,1,2,3,4). The van der Waals surface area contributed by atoms with Crippen LogP contribution in [0.5, 0.6) is 0 Å². The van der Waals surface area contributed by atoms with Gasteiger partial charge in [0.15, 0.2) is 0 Å². The molecule has 0 amide bonds. The normalized spacial score (nSPS) is 10.3. The first kappa shape index (κ1) is 11.3. The third-order valence-corrected chi connectivity index (χ3v) is 0.530. The minimum atomic E-state index is -4.64. The molecule has 0 bridgehead atoms. The molecule has 12 heavy (non-hydrogen) atoms. The molecule has 0 saturated heterocycles. The lowest BCUT2D eigenvalue weighted by Gasteiger charge is -1.82. The lowest BCUT2D eigenvalue weighted by Crippen LogP contribution is -1.93. The van der Waals surface area contributed by atoms with Gasteiger partial charge in [0.2, 0.25) is 0 Å². The van der Waals surface area contributed by atoms with E-state index in [1.54, 1.807) is 0 Å². The zero-order valence-electron chi connectivity index (χ0n) is 5.31. The van der Waals surface area contributed by atoms with E-state index in [9.17, 15) is 0 Å². The molecule has 0 aliphatic heterocycles. The van der Waals surface area contributed by atoms with Gasteiger partial charge in [0.1, 0.15) is 0 Å². The SMILES string of the molecule is O=P(O)(O)O.On1nnc(Cl)n1. The van der Waals surface area contributed by atoms with Gasteiger partial charge in [0.25, 0.3) is 5.28 Å². The molecular weight excluding hydrogens is 214 g/mol. The van der Waals surface area contributed by atoms with Crippen LogP contribution >= 0.6 is 19.4 Å². The monoisotopic (exact) mass is 218 g/mol. The Morgan fingerprint density at radius 3 is 1.92 bits per heavy atom. The van der Waals surface area contributed by atoms with Crippen molar-refractivity contribution in [3.63, 3.8) is 0 Å². The zero-order valence-corrected chi connectivity index (χ0v) is 6.96. The minimum absolute atomic E-state index is 0.0671. The van der Waals surface area contributed by atoms with Crippen LogP contribution in [-0.2, 0) is 4.57 Å².